The van der Waals surface area contributed by atoms with Crippen molar-refractivity contribution in [3.05, 3.63) is 64.9 Å². The van der Waals surface area contributed by atoms with Crippen molar-refractivity contribution in [2.75, 3.05) is 45.3 Å². The van der Waals surface area contributed by atoms with Crippen molar-refractivity contribution in [1.29, 1.82) is 0 Å². The molecule has 1 aliphatic rings. The third-order valence-electron chi connectivity index (χ3n) is 5.46. The molecule has 0 bridgehead atoms. The highest BCUT2D eigenvalue weighted by Gasteiger charge is 2.22. The number of hydrogen-bond acceptors (Lipinski definition) is 7. The van der Waals surface area contributed by atoms with Gasteiger partial charge in [0, 0.05) is 49.1 Å². The molecular weight excluding hydrogens is 461 g/mol. The molecule has 3 aromatic rings. The van der Waals surface area contributed by atoms with Gasteiger partial charge in [-0.2, -0.15) is 0 Å². The molecule has 174 valence electrons. The lowest BCUT2D eigenvalue weighted by Crippen LogP contribution is -2.49. The number of aromatic nitrogens is 1. The Labute approximate surface area is 201 Å². The van der Waals surface area contributed by atoms with Gasteiger partial charge in [0.2, 0.25) is 5.91 Å². The lowest BCUT2D eigenvalue weighted by atomic mass is 10.2. The number of benzene rings is 2. The molecule has 1 fully saturated rings. The van der Waals surface area contributed by atoms with Gasteiger partial charge in [-0.15, -0.1) is 11.3 Å². The summed E-state index contributed by atoms with van der Waals surface area (Å²) in [5.41, 5.74) is 2.87. The Hall–Kier alpha value is -2.78. The van der Waals surface area contributed by atoms with Gasteiger partial charge >= 0.3 is 0 Å². The zero-order valence-electron chi connectivity index (χ0n) is 18.6. The zero-order valence-corrected chi connectivity index (χ0v) is 20.3. The number of thioether (sulfide) groups is 1. The second-order valence-electron chi connectivity index (χ2n) is 7.64. The molecule has 33 heavy (non-hydrogen) atoms. The van der Waals surface area contributed by atoms with Gasteiger partial charge in [-0.1, -0.05) is 11.8 Å². The minimum absolute atomic E-state index is 0.0909. The summed E-state index contributed by atoms with van der Waals surface area (Å²) in [5, 5.41) is 1.96. The lowest BCUT2D eigenvalue weighted by Gasteiger charge is -2.36. The monoisotopic (exact) mass is 487 g/mol. The maximum absolute atomic E-state index is 13.1. The summed E-state index contributed by atoms with van der Waals surface area (Å²) in [6.07, 6.45) is 0.306. The van der Waals surface area contributed by atoms with Crippen LogP contribution in [-0.2, 0) is 17.0 Å². The highest BCUT2D eigenvalue weighted by molar-refractivity contribution is 8.00. The highest BCUT2D eigenvalue weighted by Crippen LogP contribution is 2.30. The Morgan fingerprint density at radius 1 is 1.06 bits per heavy atom. The predicted molar refractivity (Wildman–Crippen MR) is 130 cm³/mol. The number of methoxy groups -OCH3 is 2. The van der Waals surface area contributed by atoms with Crippen molar-refractivity contribution in [2.45, 2.75) is 16.5 Å². The normalized spacial score (nSPS) is 13.8. The first-order valence-corrected chi connectivity index (χ1v) is 12.5. The summed E-state index contributed by atoms with van der Waals surface area (Å²) in [6, 6.07) is 12.3. The number of piperazine rings is 1. The number of rotatable bonds is 8. The van der Waals surface area contributed by atoms with E-state index in [1.54, 1.807) is 49.5 Å². The number of amides is 1. The molecule has 4 rings (SSSR count). The summed E-state index contributed by atoms with van der Waals surface area (Å²) >= 11 is 3.19. The van der Waals surface area contributed by atoms with E-state index in [-0.39, 0.29) is 11.7 Å². The second-order valence-corrected chi connectivity index (χ2v) is 9.72. The maximum atomic E-state index is 13.1. The van der Waals surface area contributed by atoms with E-state index in [0.29, 0.717) is 19.5 Å². The fraction of sp³-hybridized carbons (Fsp3) is 0.333. The fourth-order valence-corrected chi connectivity index (χ4v) is 5.44. The standard InChI is InChI=1S/C24H26FN3O3S2/c1-30-21-11-17(12-22(14-21)31-2)15-32-24-26-19(16-33-24)13-23(29)28-9-7-27(8-10-28)20-5-3-18(25)4-6-20/h3-6,11-12,14,16H,7-10,13,15H2,1-2H3. The summed E-state index contributed by atoms with van der Waals surface area (Å²) in [7, 11) is 3.27. The van der Waals surface area contributed by atoms with Gasteiger partial charge < -0.3 is 19.3 Å². The molecule has 0 radical (unpaired) electrons. The largest absolute Gasteiger partial charge is 0.497 e. The van der Waals surface area contributed by atoms with Crippen LogP contribution in [0, 0.1) is 5.82 Å². The van der Waals surface area contributed by atoms with Crippen LogP contribution in [0.5, 0.6) is 11.5 Å². The van der Waals surface area contributed by atoms with Crippen LogP contribution in [0.4, 0.5) is 10.1 Å². The molecular formula is C24H26FN3O3S2. The van der Waals surface area contributed by atoms with Gasteiger partial charge in [0.25, 0.3) is 0 Å². The number of anilines is 1. The molecule has 6 nitrogen and oxygen atoms in total. The van der Waals surface area contributed by atoms with Crippen LogP contribution in [0.2, 0.25) is 0 Å². The van der Waals surface area contributed by atoms with Crippen molar-refractivity contribution in [3.63, 3.8) is 0 Å². The van der Waals surface area contributed by atoms with E-state index in [1.807, 2.05) is 28.5 Å². The van der Waals surface area contributed by atoms with Crippen LogP contribution in [0.15, 0.2) is 52.2 Å². The zero-order chi connectivity index (χ0) is 23.2. The Kier molecular flexibility index (Phi) is 7.72. The summed E-state index contributed by atoms with van der Waals surface area (Å²) < 4.78 is 24.7. The lowest BCUT2D eigenvalue weighted by molar-refractivity contribution is -0.130. The summed E-state index contributed by atoms with van der Waals surface area (Å²) in [4.78, 5) is 21.5. The Bertz CT molecular complexity index is 1060. The average molecular weight is 488 g/mol. The molecule has 1 saturated heterocycles. The molecule has 1 aromatic heterocycles. The maximum Gasteiger partial charge on any atom is 0.228 e. The summed E-state index contributed by atoms with van der Waals surface area (Å²) in [5.74, 6) is 2.11. The highest BCUT2D eigenvalue weighted by atomic mass is 32.2. The topological polar surface area (TPSA) is 54.9 Å². The van der Waals surface area contributed by atoms with E-state index in [0.717, 1.165) is 51.6 Å². The minimum Gasteiger partial charge on any atom is -0.497 e. The molecule has 0 unspecified atom stereocenters. The molecule has 1 amide bonds. The average Bonchev–Trinajstić information content (AvgIpc) is 3.30. The van der Waals surface area contributed by atoms with Crippen molar-refractivity contribution in [2.24, 2.45) is 0 Å². The van der Waals surface area contributed by atoms with Crippen LogP contribution < -0.4 is 14.4 Å². The minimum atomic E-state index is -0.239. The van der Waals surface area contributed by atoms with Gasteiger partial charge in [0.05, 0.1) is 26.3 Å². The smallest absolute Gasteiger partial charge is 0.228 e. The van der Waals surface area contributed by atoms with Crippen LogP contribution >= 0.6 is 23.1 Å². The van der Waals surface area contributed by atoms with Crippen LogP contribution in [0.25, 0.3) is 0 Å². The molecule has 0 atom stereocenters. The molecule has 1 aliphatic heterocycles. The van der Waals surface area contributed by atoms with Crippen molar-refractivity contribution in [1.82, 2.24) is 9.88 Å². The van der Waals surface area contributed by atoms with Crippen molar-refractivity contribution >= 4 is 34.7 Å². The Morgan fingerprint density at radius 3 is 2.36 bits per heavy atom. The van der Waals surface area contributed by atoms with Crippen LogP contribution in [0.1, 0.15) is 11.3 Å². The van der Waals surface area contributed by atoms with E-state index in [1.165, 1.54) is 12.1 Å². The molecule has 0 N–H and O–H groups in total. The Morgan fingerprint density at radius 2 is 1.73 bits per heavy atom. The number of nitrogens with zero attached hydrogens (tertiary/aromatic N) is 3. The fourth-order valence-electron chi connectivity index (χ4n) is 3.66. The van der Waals surface area contributed by atoms with Gasteiger partial charge in [0.15, 0.2) is 0 Å². The molecule has 2 heterocycles. The first-order valence-electron chi connectivity index (χ1n) is 10.6. The SMILES string of the molecule is COc1cc(CSc2nc(CC(=O)N3CCN(c4ccc(F)cc4)CC3)cs2)cc(OC)c1. The predicted octanol–water partition coefficient (Wildman–Crippen LogP) is 4.48. The second kappa shape index (κ2) is 10.9. The molecule has 0 saturated carbocycles. The Balaban J connectivity index is 1.27. The van der Waals surface area contributed by atoms with Gasteiger partial charge in [-0.3, -0.25) is 4.79 Å². The van der Waals surface area contributed by atoms with E-state index < -0.39 is 0 Å². The molecule has 0 spiro atoms. The van der Waals surface area contributed by atoms with Gasteiger partial charge in [-0.05, 0) is 42.0 Å². The van der Waals surface area contributed by atoms with Crippen LogP contribution in [-0.4, -0.2) is 56.2 Å². The summed E-state index contributed by atoms with van der Waals surface area (Å²) in [6.45, 7) is 2.78. The number of carbonyl (C=O) groups excluding carboxylic acids is 1. The molecule has 0 aliphatic carbocycles. The van der Waals surface area contributed by atoms with E-state index in [2.05, 4.69) is 9.88 Å². The van der Waals surface area contributed by atoms with E-state index >= 15 is 0 Å². The number of halogens is 1. The number of ether oxygens (including phenoxy) is 2. The van der Waals surface area contributed by atoms with Crippen molar-refractivity contribution < 1.29 is 18.7 Å². The number of hydrogen-bond donors (Lipinski definition) is 0. The quantitative estimate of drug-likeness (QED) is 0.437. The molecule has 9 heteroatoms. The number of carbonyl (C=O) groups is 1. The van der Waals surface area contributed by atoms with Crippen molar-refractivity contribution in [3.8, 4) is 11.5 Å². The third kappa shape index (κ3) is 6.17. The van der Waals surface area contributed by atoms with Gasteiger partial charge in [-0.25, -0.2) is 9.37 Å². The molecule has 2 aromatic carbocycles. The van der Waals surface area contributed by atoms with E-state index in [9.17, 15) is 9.18 Å². The first-order chi connectivity index (χ1) is 16.0. The number of thiazole rings is 1. The van der Waals surface area contributed by atoms with Crippen LogP contribution in [0.3, 0.4) is 0 Å². The first kappa shape index (κ1) is 23.4. The van der Waals surface area contributed by atoms with E-state index in [4.69, 9.17) is 9.47 Å². The third-order valence-corrected chi connectivity index (χ3v) is 7.60. The van der Waals surface area contributed by atoms with Gasteiger partial charge in [0.1, 0.15) is 21.7 Å².